The minimum atomic E-state index is -0.962. The Hall–Kier alpha value is -1.53. The van der Waals surface area contributed by atoms with Crippen LogP contribution in [0.2, 0.25) is 0 Å². The minimum absolute atomic E-state index is 0.226. The average Bonchev–Trinajstić information content (AvgIpc) is 2.46. The van der Waals surface area contributed by atoms with E-state index in [9.17, 15) is 4.79 Å². The van der Waals surface area contributed by atoms with E-state index in [1.54, 1.807) is 25.3 Å². The molecule has 0 atom stereocenters. The van der Waals surface area contributed by atoms with Crippen LogP contribution in [0.1, 0.15) is 15.9 Å². The van der Waals surface area contributed by atoms with Crippen molar-refractivity contribution in [3.8, 4) is 11.5 Å². The monoisotopic (exact) mass is 414 g/mol. The highest BCUT2D eigenvalue weighted by Gasteiger charge is 2.11. The average molecular weight is 416 g/mol. The van der Waals surface area contributed by atoms with Crippen LogP contribution in [0.25, 0.3) is 0 Å². The number of carboxylic acids is 1. The molecule has 4 nitrogen and oxygen atoms in total. The Kier molecular flexibility index (Phi) is 5.25. The number of ether oxygens (including phenoxy) is 2. The first kappa shape index (κ1) is 15.9. The molecule has 2 aromatic carbocycles. The van der Waals surface area contributed by atoms with Crippen LogP contribution in [0, 0.1) is 0 Å². The summed E-state index contributed by atoms with van der Waals surface area (Å²) < 4.78 is 12.5. The number of benzene rings is 2. The summed E-state index contributed by atoms with van der Waals surface area (Å²) in [6.07, 6.45) is 0. The second-order valence-corrected chi connectivity index (χ2v) is 5.88. The zero-order valence-electron chi connectivity index (χ0n) is 11.1. The number of para-hydroxylation sites is 1. The van der Waals surface area contributed by atoms with E-state index in [2.05, 4.69) is 31.9 Å². The smallest absolute Gasteiger partial charge is 0.335 e. The Balaban J connectivity index is 2.19. The van der Waals surface area contributed by atoms with Crippen molar-refractivity contribution < 1.29 is 19.4 Å². The highest BCUT2D eigenvalue weighted by molar-refractivity contribution is 9.10. The molecule has 0 aliphatic rings. The lowest BCUT2D eigenvalue weighted by atomic mass is 10.1. The van der Waals surface area contributed by atoms with Crippen molar-refractivity contribution in [1.29, 1.82) is 0 Å². The SMILES string of the molecule is COc1cccc(Br)c1OCc1ccc(C(=O)O)cc1Br. The van der Waals surface area contributed by atoms with E-state index in [0.29, 0.717) is 22.6 Å². The number of methoxy groups -OCH3 is 1. The van der Waals surface area contributed by atoms with Crippen LogP contribution in [0.15, 0.2) is 45.3 Å². The summed E-state index contributed by atoms with van der Waals surface area (Å²) in [6, 6.07) is 10.3. The zero-order valence-corrected chi connectivity index (χ0v) is 14.3. The number of carboxylic acid groups (broad SMARTS) is 1. The van der Waals surface area contributed by atoms with Crippen LogP contribution in [0.5, 0.6) is 11.5 Å². The van der Waals surface area contributed by atoms with Crippen LogP contribution >= 0.6 is 31.9 Å². The Morgan fingerprint density at radius 3 is 2.57 bits per heavy atom. The van der Waals surface area contributed by atoms with Gasteiger partial charge in [-0.25, -0.2) is 4.79 Å². The quantitative estimate of drug-likeness (QED) is 0.781. The van der Waals surface area contributed by atoms with Gasteiger partial charge in [-0.05, 0) is 40.2 Å². The van der Waals surface area contributed by atoms with E-state index in [-0.39, 0.29) is 5.56 Å². The Labute approximate surface area is 139 Å². The van der Waals surface area contributed by atoms with Crippen LogP contribution < -0.4 is 9.47 Å². The van der Waals surface area contributed by atoms with Gasteiger partial charge < -0.3 is 14.6 Å². The Morgan fingerprint density at radius 1 is 1.19 bits per heavy atom. The summed E-state index contributed by atoms with van der Waals surface area (Å²) in [7, 11) is 1.58. The molecule has 0 amide bonds. The topological polar surface area (TPSA) is 55.8 Å². The Bertz CT molecular complexity index is 671. The molecular weight excluding hydrogens is 404 g/mol. The molecular formula is C15H12Br2O4. The van der Waals surface area contributed by atoms with Gasteiger partial charge in [0.05, 0.1) is 17.1 Å². The van der Waals surface area contributed by atoms with E-state index in [0.717, 1.165) is 10.0 Å². The third-order valence-electron chi connectivity index (χ3n) is 2.82. The molecule has 6 heteroatoms. The molecule has 110 valence electrons. The molecule has 0 saturated carbocycles. The van der Waals surface area contributed by atoms with E-state index in [1.807, 2.05) is 18.2 Å². The lowest BCUT2D eigenvalue weighted by Crippen LogP contribution is -2.01. The van der Waals surface area contributed by atoms with Crippen LogP contribution in [-0.4, -0.2) is 18.2 Å². The van der Waals surface area contributed by atoms with Crippen LogP contribution in [0.3, 0.4) is 0 Å². The second kappa shape index (κ2) is 6.95. The zero-order chi connectivity index (χ0) is 15.4. The van der Waals surface area contributed by atoms with Crippen molar-refractivity contribution >= 4 is 37.8 Å². The van der Waals surface area contributed by atoms with Crippen molar-refractivity contribution in [3.05, 3.63) is 56.5 Å². The lowest BCUT2D eigenvalue weighted by Gasteiger charge is -2.13. The van der Waals surface area contributed by atoms with Crippen molar-refractivity contribution in [3.63, 3.8) is 0 Å². The molecule has 0 spiro atoms. The van der Waals surface area contributed by atoms with Crippen molar-refractivity contribution in [2.45, 2.75) is 6.61 Å². The van der Waals surface area contributed by atoms with Gasteiger partial charge in [0.15, 0.2) is 11.5 Å². The van der Waals surface area contributed by atoms with Crippen molar-refractivity contribution in [2.24, 2.45) is 0 Å². The van der Waals surface area contributed by atoms with Gasteiger partial charge in [-0.3, -0.25) is 0 Å². The molecule has 2 aromatic rings. The number of rotatable bonds is 5. The molecule has 0 bridgehead atoms. The molecule has 0 aliphatic heterocycles. The summed E-state index contributed by atoms with van der Waals surface area (Å²) in [5.74, 6) is 0.271. The van der Waals surface area contributed by atoms with E-state index < -0.39 is 5.97 Å². The molecule has 0 aromatic heterocycles. The maximum atomic E-state index is 10.9. The van der Waals surface area contributed by atoms with Crippen LogP contribution in [0.4, 0.5) is 0 Å². The number of carbonyl (C=O) groups is 1. The minimum Gasteiger partial charge on any atom is -0.493 e. The fourth-order valence-corrected chi connectivity index (χ4v) is 2.69. The molecule has 0 unspecified atom stereocenters. The first-order valence-electron chi connectivity index (χ1n) is 6.00. The first-order valence-corrected chi connectivity index (χ1v) is 7.58. The maximum absolute atomic E-state index is 10.9. The maximum Gasteiger partial charge on any atom is 0.335 e. The largest absolute Gasteiger partial charge is 0.493 e. The van der Waals surface area contributed by atoms with Gasteiger partial charge in [-0.15, -0.1) is 0 Å². The number of hydrogen-bond acceptors (Lipinski definition) is 3. The van der Waals surface area contributed by atoms with Gasteiger partial charge in [0.25, 0.3) is 0 Å². The predicted octanol–water partition coefficient (Wildman–Crippen LogP) is 4.50. The summed E-state index contributed by atoms with van der Waals surface area (Å²) in [5.41, 5.74) is 1.07. The first-order chi connectivity index (χ1) is 10.0. The number of aromatic carboxylic acids is 1. The predicted molar refractivity (Wildman–Crippen MR) is 86.1 cm³/mol. The molecule has 0 aliphatic carbocycles. The summed E-state index contributed by atoms with van der Waals surface area (Å²) in [6.45, 7) is 0.291. The third kappa shape index (κ3) is 3.77. The highest BCUT2D eigenvalue weighted by Crippen LogP contribution is 2.35. The molecule has 0 radical (unpaired) electrons. The van der Waals surface area contributed by atoms with Gasteiger partial charge in [0, 0.05) is 10.0 Å². The van der Waals surface area contributed by atoms with Gasteiger partial charge >= 0.3 is 5.97 Å². The second-order valence-electron chi connectivity index (χ2n) is 4.17. The highest BCUT2D eigenvalue weighted by atomic mass is 79.9. The number of hydrogen-bond donors (Lipinski definition) is 1. The fourth-order valence-electron chi connectivity index (χ4n) is 1.74. The fraction of sp³-hybridized carbons (Fsp3) is 0.133. The molecule has 1 N–H and O–H groups in total. The van der Waals surface area contributed by atoms with E-state index >= 15 is 0 Å². The van der Waals surface area contributed by atoms with Crippen molar-refractivity contribution in [2.75, 3.05) is 7.11 Å². The molecule has 2 rings (SSSR count). The van der Waals surface area contributed by atoms with Gasteiger partial charge in [-0.2, -0.15) is 0 Å². The Morgan fingerprint density at radius 2 is 1.95 bits per heavy atom. The summed E-state index contributed by atoms with van der Waals surface area (Å²) in [4.78, 5) is 10.9. The number of halogens is 2. The third-order valence-corrected chi connectivity index (χ3v) is 4.19. The lowest BCUT2D eigenvalue weighted by molar-refractivity contribution is 0.0696. The van der Waals surface area contributed by atoms with Gasteiger partial charge in [0.1, 0.15) is 6.61 Å². The molecule has 21 heavy (non-hydrogen) atoms. The molecule has 0 saturated heterocycles. The van der Waals surface area contributed by atoms with Gasteiger partial charge in [0.2, 0.25) is 0 Å². The summed E-state index contributed by atoms with van der Waals surface area (Å²) in [5, 5.41) is 8.94. The normalized spacial score (nSPS) is 10.2. The standard InChI is InChI=1S/C15H12Br2O4/c1-20-13-4-2-3-11(16)14(13)21-8-10-6-5-9(15(18)19)7-12(10)17/h2-7H,8H2,1H3,(H,18,19). The van der Waals surface area contributed by atoms with E-state index in [4.69, 9.17) is 14.6 Å². The molecule has 0 heterocycles. The van der Waals surface area contributed by atoms with E-state index in [1.165, 1.54) is 0 Å². The van der Waals surface area contributed by atoms with Gasteiger partial charge in [-0.1, -0.05) is 28.1 Å². The molecule has 0 fully saturated rings. The van der Waals surface area contributed by atoms with Crippen LogP contribution in [-0.2, 0) is 6.61 Å². The van der Waals surface area contributed by atoms with Crippen molar-refractivity contribution in [1.82, 2.24) is 0 Å². The summed E-state index contributed by atoms with van der Waals surface area (Å²) >= 11 is 6.77.